The Bertz CT molecular complexity index is 272. The summed E-state index contributed by atoms with van der Waals surface area (Å²) in [6.07, 6.45) is 6.07. The maximum atomic E-state index is 9.83. The van der Waals surface area contributed by atoms with Crippen LogP contribution in [-0.2, 0) is 0 Å². The average Bonchev–Trinajstić information content (AvgIpc) is 2.27. The number of aliphatic hydroxyl groups is 2. The molecule has 2 heteroatoms. The van der Waals surface area contributed by atoms with Crippen LogP contribution in [0.4, 0.5) is 0 Å². The van der Waals surface area contributed by atoms with Crippen LogP contribution in [0.15, 0.2) is 0 Å². The van der Waals surface area contributed by atoms with E-state index in [0.29, 0.717) is 17.3 Å². The van der Waals surface area contributed by atoms with Crippen LogP contribution < -0.4 is 0 Å². The number of aliphatic hydroxyl groups excluding tert-OH is 2. The Hall–Kier alpha value is -0.0800. The first-order valence-electron chi connectivity index (χ1n) is 8.18. The van der Waals surface area contributed by atoms with E-state index < -0.39 is 0 Å². The van der Waals surface area contributed by atoms with Crippen molar-refractivity contribution >= 4 is 0 Å². The molecule has 0 aromatic heterocycles. The summed E-state index contributed by atoms with van der Waals surface area (Å²) in [6, 6.07) is 0. The summed E-state index contributed by atoms with van der Waals surface area (Å²) in [5, 5.41) is 19.7. The van der Waals surface area contributed by atoms with E-state index >= 15 is 0 Å². The van der Waals surface area contributed by atoms with Gasteiger partial charge in [0.05, 0.1) is 12.2 Å². The molecule has 2 N–H and O–H groups in total. The van der Waals surface area contributed by atoms with E-state index in [-0.39, 0.29) is 12.2 Å². The maximum Gasteiger partial charge on any atom is 0.0543 e. The monoisotopic (exact) mass is 268 g/mol. The highest BCUT2D eigenvalue weighted by Gasteiger charge is 2.45. The Kier molecular flexibility index (Phi) is 4.62. The van der Waals surface area contributed by atoms with Crippen LogP contribution in [0.3, 0.4) is 0 Å². The van der Waals surface area contributed by atoms with Crippen LogP contribution in [0.2, 0.25) is 0 Å². The zero-order valence-electron chi connectivity index (χ0n) is 13.1. The summed E-state index contributed by atoms with van der Waals surface area (Å²) in [7, 11) is 0. The van der Waals surface area contributed by atoms with Gasteiger partial charge >= 0.3 is 0 Å². The average molecular weight is 268 g/mol. The van der Waals surface area contributed by atoms with Crippen molar-refractivity contribution in [3.05, 3.63) is 0 Å². The minimum absolute atomic E-state index is 0.0762. The lowest BCUT2D eigenvalue weighted by Crippen LogP contribution is -2.44. The molecule has 6 unspecified atom stereocenters. The van der Waals surface area contributed by atoms with Gasteiger partial charge in [-0.15, -0.1) is 0 Å². The van der Waals surface area contributed by atoms with Gasteiger partial charge in [-0.2, -0.15) is 0 Å². The van der Waals surface area contributed by atoms with Gasteiger partial charge in [0.15, 0.2) is 0 Å². The van der Waals surface area contributed by atoms with Crippen LogP contribution in [0.25, 0.3) is 0 Å². The molecule has 19 heavy (non-hydrogen) atoms. The minimum atomic E-state index is -0.0762. The summed E-state index contributed by atoms with van der Waals surface area (Å²) in [5.41, 5.74) is 0.332. The fraction of sp³-hybridized carbons (Fsp3) is 1.00. The highest BCUT2D eigenvalue weighted by Crippen LogP contribution is 2.51. The molecule has 0 spiro atoms. The van der Waals surface area contributed by atoms with Crippen molar-refractivity contribution in [1.82, 2.24) is 0 Å². The first-order chi connectivity index (χ1) is 8.82. The third kappa shape index (κ3) is 3.16. The second-order valence-corrected chi connectivity index (χ2v) is 7.92. The third-order valence-electron chi connectivity index (χ3n) is 6.19. The smallest absolute Gasteiger partial charge is 0.0543 e. The summed E-state index contributed by atoms with van der Waals surface area (Å²) in [4.78, 5) is 0. The molecule has 2 saturated carbocycles. The molecule has 0 aromatic rings. The van der Waals surface area contributed by atoms with Crippen molar-refractivity contribution in [3.8, 4) is 0 Å². The van der Waals surface area contributed by atoms with E-state index in [1.54, 1.807) is 0 Å². The van der Waals surface area contributed by atoms with Crippen LogP contribution >= 0.6 is 0 Å². The Balaban J connectivity index is 2.08. The molecule has 0 bridgehead atoms. The van der Waals surface area contributed by atoms with Gasteiger partial charge in [0.2, 0.25) is 0 Å². The van der Waals surface area contributed by atoms with Crippen molar-refractivity contribution in [1.29, 1.82) is 0 Å². The highest BCUT2D eigenvalue weighted by atomic mass is 16.3. The second-order valence-electron chi connectivity index (χ2n) is 7.92. The molecular formula is C17H32O2. The molecule has 2 rings (SSSR count). The van der Waals surface area contributed by atoms with E-state index in [0.717, 1.165) is 37.5 Å². The molecule has 2 nitrogen and oxygen atoms in total. The molecular weight excluding hydrogens is 236 g/mol. The van der Waals surface area contributed by atoms with E-state index in [4.69, 9.17) is 0 Å². The van der Waals surface area contributed by atoms with E-state index in [9.17, 15) is 10.2 Å². The van der Waals surface area contributed by atoms with Crippen molar-refractivity contribution in [2.45, 2.75) is 78.4 Å². The number of hydrogen-bond donors (Lipinski definition) is 2. The topological polar surface area (TPSA) is 40.5 Å². The number of hydrogen-bond acceptors (Lipinski definition) is 2. The Labute approximate surface area is 118 Å². The van der Waals surface area contributed by atoms with Crippen molar-refractivity contribution in [2.75, 3.05) is 0 Å². The molecule has 112 valence electrons. The zero-order chi connectivity index (χ0) is 14.2. The molecule has 0 amide bonds. The standard InChI is InChI=1S/C17H32O2/c1-11-9-13(18)5-7-15(11)17(3,4)16-8-6-14(19)10-12(16)2/h11-16,18-19H,5-10H2,1-4H3. The summed E-state index contributed by atoms with van der Waals surface area (Å²) < 4.78 is 0. The maximum absolute atomic E-state index is 9.83. The Morgan fingerprint density at radius 1 is 0.737 bits per heavy atom. The molecule has 6 atom stereocenters. The number of rotatable bonds is 2. The van der Waals surface area contributed by atoms with Gasteiger partial charge in [-0.3, -0.25) is 0 Å². The second kappa shape index (κ2) is 5.73. The first-order valence-corrected chi connectivity index (χ1v) is 8.18. The van der Waals surface area contributed by atoms with Gasteiger partial charge in [0.1, 0.15) is 0 Å². The fourth-order valence-corrected chi connectivity index (χ4v) is 5.22. The van der Waals surface area contributed by atoms with Crippen molar-refractivity contribution < 1.29 is 10.2 Å². The normalized spacial score (nSPS) is 45.2. The quantitative estimate of drug-likeness (QED) is 0.803. The van der Waals surface area contributed by atoms with Crippen LogP contribution in [-0.4, -0.2) is 22.4 Å². The van der Waals surface area contributed by atoms with E-state index in [1.807, 2.05) is 0 Å². The lowest BCUT2D eigenvalue weighted by Gasteiger charge is -2.50. The zero-order valence-corrected chi connectivity index (χ0v) is 13.1. The molecule has 0 aliphatic heterocycles. The molecule has 2 fully saturated rings. The molecule has 0 heterocycles. The Morgan fingerprint density at radius 3 is 1.42 bits per heavy atom. The van der Waals surface area contributed by atoms with Gasteiger partial charge in [0, 0.05) is 0 Å². The first kappa shape index (κ1) is 15.3. The summed E-state index contributed by atoms with van der Waals surface area (Å²) in [5.74, 6) is 2.69. The van der Waals surface area contributed by atoms with Gasteiger partial charge in [0.25, 0.3) is 0 Å². The summed E-state index contributed by atoms with van der Waals surface area (Å²) in [6.45, 7) is 9.50. The highest BCUT2D eigenvalue weighted by molar-refractivity contribution is 4.94. The third-order valence-corrected chi connectivity index (χ3v) is 6.19. The van der Waals surface area contributed by atoms with Crippen LogP contribution in [0.1, 0.15) is 66.2 Å². The van der Waals surface area contributed by atoms with Gasteiger partial charge in [-0.05, 0) is 67.6 Å². The van der Waals surface area contributed by atoms with Crippen molar-refractivity contribution in [3.63, 3.8) is 0 Å². The van der Waals surface area contributed by atoms with Crippen LogP contribution in [0.5, 0.6) is 0 Å². The lowest BCUT2D eigenvalue weighted by atomic mass is 9.55. The van der Waals surface area contributed by atoms with Crippen molar-refractivity contribution in [2.24, 2.45) is 29.1 Å². The molecule has 2 aliphatic rings. The van der Waals surface area contributed by atoms with E-state index in [1.165, 1.54) is 12.8 Å². The molecule has 0 saturated heterocycles. The van der Waals surface area contributed by atoms with Crippen LogP contribution in [0, 0.1) is 29.1 Å². The molecule has 2 aliphatic carbocycles. The van der Waals surface area contributed by atoms with Gasteiger partial charge in [-0.1, -0.05) is 27.7 Å². The largest absolute Gasteiger partial charge is 0.393 e. The van der Waals surface area contributed by atoms with Gasteiger partial charge < -0.3 is 10.2 Å². The minimum Gasteiger partial charge on any atom is -0.393 e. The summed E-state index contributed by atoms with van der Waals surface area (Å²) >= 11 is 0. The molecule has 0 aromatic carbocycles. The molecule has 0 radical (unpaired) electrons. The predicted octanol–water partition coefficient (Wildman–Crippen LogP) is 3.61. The Morgan fingerprint density at radius 2 is 1.11 bits per heavy atom. The SMILES string of the molecule is CC1CC(O)CCC1C(C)(C)C1CCC(O)CC1C. The lowest BCUT2D eigenvalue weighted by molar-refractivity contribution is -0.0458. The van der Waals surface area contributed by atoms with Gasteiger partial charge in [-0.25, -0.2) is 0 Å². The predicted molar refractivity (Wildman–Crippen MR) is 78.8 cm³/mol. The fourth-order valence-electron chi connectivity index (χ4n) is 5.22. The van der Waals surface area contributed by atoms with E-state index in [2.05, 4.69) is 27.7 Å².